The summed E-state index contributed by atoms with van der Waals surface area (Å²) in [6, 6.07) is 23.6. The minimum absolute atomic E-state index is 0.231. The van der Waals surface area contributed by atoms with Crippen molar-refractivity contribution in [1.29, 1.82) is 0 Å². The minimum atomic E-state index is -0.949. The number of benzene rings is 3. The standard InChI is InChI=1S/C27H24O6/c1-3-30-26(28)23-21-17-20(15-16-22(21)33-24(23)18-11-7-5-8-12-18)32-25(27(29)31-4-2)19-13-9-6-10-14-19/h5-17,25H,3-4H2,1-2H3. The summed E-state index contributed by atoms with van der Waals surface area (Å²) in [5.74, 6) is -0.162. The van der Waals surface area contributed by atoms with Gasteiger partial charge in [-0.05, 0) is 32.0 Å². The van der Waals surface area contributed by atoms with Crippen molar-refractivity contribution in [3.63, 3.8) is 0 Å². The molecule has 0 amide bonds. The second-order valence-electron chi connectivity index (χ2n) is 7.21. The highest BCUT2D eigenvalue weighted by atomic mass is 16.6. The van der Waals surface area contributed by atoms with E-state index in [0.29, 0.717) is 33.6 Å². The summed E-state index contributed by atoms with van der Waals surface area (Å²) in [6.07, 6.45) is -0.949. The van der Waals surface area contributed by atoms with E-state index < -0.39 is 18.0 Å². The van der Waals surface area contributed by atoms with Gasteiger partial charge in [0, 0.05) is 16.5 Å². The highest BCUT2D eigenvalue weighted by Gasteiger charge is 2.27. The Morgan fingerprint density at radius 1 is 0.848 bits per heavy atom. The number of carbonyl (C=O) groups excluding carboxylic acids is 2. The molecule has 6 nitrogen and oxygen atoms in total. The van der Waals surface area contributed by atoms with Gasteiger partial charge in [-0.2, -0.15) is 0 Å². The molecule has 0 N–H and O–H groups in total. The van der Waals surface area contributed by atoms with Crippen molar-refractivity contribution in [3.8, 4) is 17.1 Å². The maximum atomic E-state index is 12.9. The van der Waals surface area contributed by atoms with Crippen LogP contribution in [0.5, 0.6) is 5.75 Å². The first-order valence-corrected chi connectivity index (χ1v) is 10.8. The van der Waals surface area contributed by atoms with Crippen LogP contribution < -0.4 is 4.74 Å². The Balaban J connectivity index is 1.78. The highest BCUT2D eigenvalue weighted by molar-refractivity contribution is 6.09. The highest BCUT2D eigenvalue weighted by Crippen LogP contribution is 2.37. The van der Waals surface area contributed by atoms with Crippen LogP contribution in [-0.2, 0) is 14.3 Å². The van der Waals surface area contributed by atoms with Gasteiger partial charge in [0.15, 0.2) is 0 Å². The number of hydrogen-bond donors (Lipinski definition) is 0. The van der Waals surface area contributed by atoms with Gasteiger partial charge in [0.2, 0.25) is 6.10 Å². The molecule has 3 aromatic carbocycles. The van der Waals surface area contributed by atoms with Crippen LogP contribution in [0.3, 0.4) is 0 Å². The van der Waals surface area contributed by atoms with Crippen LogP contribution in [0.15, 0.2) is 83.3 Å². The molecule has 0 saturated carbocycles. The van der Waals surface area contributed by atoms with Crippen molar-refractivity contribution in [3.05, 3.63) is 90.0 Å². The molecule has 0 saturated heterocycles. The molecule has 0 aliphatic carbocycles. The quantitative estimate of drug-likeness (QED) is 0.312. The molecule has 4 aromatic rings. The number of hydrogen-bond acceptors (Lipinski definition) is 6. The van der Waals surface area contributed by atoms with E-state index in [-0.39, 0.29) is 13.2 Å². The minimum Gasteiger partial charge on any atom is -0.474 e. The van der Waals surface area contributed by atoms with E-state index in [9.17, 15) is 9.59 Å². The fourth-order valence-electron chi connectivity index (χ4n) is 3.58. The lowest BCUT2D eigenvalue weighted by Crippen LogP contribution is -2.21. The molecule has 1 unspecified atom stereocenters. The monoisotopic (exact) mass is 444 g/mol. The number of fused-ring (bicyclic) bond motifs is 1. The van der Waals surface area contributed by atoms with Gasteiger partial charge in [0.25, 0.3) is 0 Å². The third-order valence-corrected chi connectivity index (χ3v) is 5.03. The Morgan fingerprint density at radius 3 is 2.18 bits per heavy atom. The lowest BCUT2D eigenvalue weighted by atomic mass is 10.1. The van der Waals surface area contributed by atoms with Crippen molar-refractivity contribution in [2.24, 2.45) is 0 Å². The third kappa shape index (κ3) is 4.75. The van der Waals surface area contributed by atoms with Crippen molar-refractivity contribution >= 4 is 22.9 Å². The number of furan rings is 1. The molecule has 1 heterocycles. The second kappa shape index (κ2) is 10.0. The van der Waals surface area contributed by atoms with Gasteiger partial charge < -0.3 is 18.6 Å². The van der Waals surface area contributed by atoms with Crippen LogP contribution in [0.4, 0.5) is 0 Å². The Kier molecular flexibility index (Phi) is 6.74. The Bertz CT molecular complexity index is 1240. The van der Waals surface area contributed by atoms with Gasteiger partial charge in [0.05, 0.1) is 13.2 Å². The van der Waals surface area contributed by atoms with Gasteiger partial charge >= 0.3 is 11.9 Å². The molecule has 0 bridgehead atoms. The zero-order chi connectivity index (χ0) is 23.2. The lowest BCUT2D eigenvalue weighted by molar-refractivity contribution is -0.151. The van der Waals surface area contributed by atoms with E-state index in [1.807, 2.05) is 48.5 Å². The normalized spacial score (nSPS) is 11.7. The SMILES string of the molecule is CCOC(=O)c1c(-c2ccccc2)oc2ccc(OC(C(=O)OCC)c3ccccc3)cc12. The first-order valence-electron chi connectivity index (χ1n) is 10.8. The summed E-state index contributed by atoms with van der Waals surface area (Å²) >= 11 is 0. The van der Waals surface area contributed by atoms with Crippen molar-refractivity contribution < 1.29 is 28.2 Å². The fourth-order valence-corrected chi connectivity index (χ4v) is 3.58. The van der Waals surface area contributed by atoms with Gasteiger partial charge in [0.1, 0.15) is 22.7 Å². The molecule has 1 aromatic heterocycles. The zero-order valence-electron chi connectivity index (χ0n) is 18.4. The molecule has 6 heteroatoms. The summed E-state index contributed by atoms with van der Waals surface area (Å²) in [6.45, 7) is 3.96. The topological polar surface area (TPSA) is 75.0 Å². The molecule has 0 spiro atoms. The second-order valence-corrected chi connectivity index (χ2v) is 7.21. The largest absolute Gasteiger partial charge is 0.474 e. The van der Waals surface area contributed by atoms with E-state index in [4.69, 9.17) is 18.6 Å². The van der Waals surface area contributed by atoms with Crippen molar-refractivity contribution in [2.75, 3.05) is 13.2 Å². The smallest absolute Gasteiger partial charge is 0.352 e. The van der Waals surface area contributed by atoms with Crippen LogP contribution >= 0.6 is 0 Å². The Labute approximate surface area is 191 Å². The van der Waals surface area contributed by atoms with Gasteiger partial charge in [-0.25, -0.2) is 9.59 Å². The molecule has 33 heavy (non-hydrogen) atoms. The average Bonchev–Trinajstić information content (AvgIpc) is 3.23. The number of ether oxygens (including phenoxy) is 3. The van der Waals surface area contributed by atoms with Gasteiger partial charge in [-0.15, -0.1) is 0 Å². The molecule has 1 atom stereocenters. The Morgan fingerprint density at radius 2 is 1.52 bits per heavy atom. The Hall–Kier alpha value is -4.06. The maximum Gasteiger partial charge on any atom is 0.352 e. The number of rotatable bonds is 8. The summed E-state index contributed by atoms with van der Waals surface area (Å²) < 4.78 is 22.6. The molecular weight excluding hydrogens is 420 g/mol. The summed E-state index contributed by atoms with van der Waals surface area (Å²) in [4.78, 5) is 25.5. The first-order chi connectivity index (χ1) is 16.1. The van der Waals surface area contributed by atoms with E-state index in [0.717, 1.165) is 5.56 Å². The predicted molar refractivity (Wildman–Crippen MR) is 124 cm³/mol. The average molecular weight is 444 g/mol. The van der Waals surface area contributed by atoms with Gasteiger partial charge in [-0.3, -0.25) is 0 Å². The van der Waals surface area contributed by atoms with E-state index in [2.05, 4.69) is 0 Å². The number of carbonyl (C=O) groups is 2. The van der Waals surface area contributed by atoms with Crippen LogP contribution in [0.25, 0.3) is 22.3 Å². The molecule has 4 rings (SSSR count). The number of esters is 2. The summed E-state index contributed by atoms with van der Waals surface area (Å²) in [5.41, 5.74) is 2.25. The molecule has 168 valence electrons. The van der Waals surface area contributed by atoms with Crippen LogP contribution in [0.1, 0.15) is 35.9 Å². The van der Waals surface area contributed by atoms with E-state index >= 15 is 0 Å². The van der Waals surface area contributed by atoms with Gasteiger partial charge in [-0.1, -0.05) is 60.7 Å². The van der Waals surface area contributed by atoms with Crippen molar-refractivity contribution in [2.45, 2.75) is 20.0 Å². The van der Waals surface area contributed by atoms with Crippen LogP contribution in [-0.4, -0.2) is 25.2 Å². The molecule has 0 fully saturated rings. The summed E-state index contributed by atoms with van der Waals surface area (Å²) in [5, 5.41) is 0.542. The molecule has 0 radical (unpaired) electrons. The molecular formula is C27H24O6. The van der Waals surface area contributed by atoms with Crippen molar-refractivity contribution in [1.82, 2.24) is 0 Å². The molecule has 0 aliphatic heterocycles. The van der Waals surface area contributed by atoms with Crippen LogP contribution in [0, 0.1) is 0 Å². The van der Waals surface area contributed by atoms with E-state index in [1.165, 1.54) is 0 Å². The van der Waals surface area contributed by atoms with Crippen LogP contribution in [0.2, 0.25) is 0 Å². The molecule has 0 aliphatic rings. The lowest BCUT2D eigenvalue weighted by Gasteiger charge is -2.18. The third-order valence-electron chi connectivity index (χ3n) is 5.03. The predicted octanol–water partition coefficient (Wildman–Crippen LogP) is 5.96. The van der Waals surface area contributed by atoms with E-state index in [1.54, 1.807) is 44.2 Å². The maximum absolute atomic E-state index is 12.9. The fraction of sp³-hybridized carbons (Fsp3) is 0.185. The zero-order valence-corrected chi connectivity index (χ0v) is 18.4. The first kappa shape index (κ1) is 22.1. The summed E-state index contributed by atoms with van der Waals surface area (Å²) in [7, 11) is 0.